The maximum absolute atomic E-state index is 12.9. The number of nitrogens with two attached hydrogens (primary N) is 1. The van der Waals surface area contributed by atoms with Gasteiger partial charge in [0, 0.05) is 28.9 Å². The Morgan fingerprint density at radius 2 is 1.30 bits per heavy atom. The highest BCUT2D eigenvalue weighted by atomic mass is 16.5. The molecule has 0 saturated carbocycles. The van der Waals surface area contributed by atoms with Gasteiger partial charge in [-0.25, -0.2) is 0 Å². The van der Waals surface area contributed by atoms with Crippen LogP contribution in [0.1, 0.15) is 31.8 Å². The molecule has 0 amide bonds. The molecule has 2 aromatic carbocycles. The molecule has 2 N–H and O–H groups in total. The summed E-state index contributed by atoms with van der Waals surface area (Å²) in [6.45, 7) is 0. The minimum Gasteiger partial charge on any atom is -0.497 e. The molecule has 0 aromatic heterocycles. The first-order valence-electron chi connectivity index (χ1n) is 6.84. The SMILES string of the molecule is COc1cc(OC)c2c(c1)C(=O)c1cc(N)cc(OC)c1C2=O. The molecule has 0 spiro atoms. The van der Waals surface area contributed by atoms with Gasteiger partial charge in [0.1, 0.15) is 17.2 Å². The Morgan fingerprint density at radius 3 is 1.87 bits per heavy atom. The Hall–Kier alpha value is -3.02. The summed E-state index contributed by atoms with van der Waals surface area (Å²) in [5, 5.41) is 0. The number of rotatable bonds is 3. The van der Waals surface area contributed by atoms with E-state index in [1.807, 2.05) is 0 Å². The number of ether oxygens (including phenoxy) is 3. The van der Waals surface area contributed by atoms with Crippen molar-refractivity contribution < 1.29 is 23.8 Å². The van der Waals surface area contributed by atoms with Gasteiger partial charge in [-0.05, 0) is 12.1 Å². The van der Waals surface area contributed by atoms with Gasteiger partial charge in [0.05, 0.1) is 32.5 Å². The molecular formula is C17H15NO5. The number of methoxy groups -OCH3 is 3. The van der Waals surface area contributed by atoms with E-state index in [1.165, 1.54) is 39.5 Å². The molecule has 0 radical (unpaired) electrons. The van der Waals surface area contributed by atoms with Crippen molar-refractivity contribution in [3.63, 3.8) is 0 Å². The van der Waals surface area contributed by atoms with Gasteiger partial charge in [0.2, 0.25) is 5.78 Å². The molecule has 0 bridgehead atoms. The summed E-state index contributed by atoms with van der Waals surface area (Å²) >= 11 is 0. The normalized spacial score (nSPS) is 12.5. The van der Waals surface area contributed by atoms with E-state index in [0.29, 0.717) is 11.4 Å². The van der Waals surface area contributed by atoms with Crippen molar-refractivity contribution >= 4 is 17.3 Å². The maximum Gasteiger partial charge on any atom is 0.201 e. The van der Waals surface area contributed by atoms with E-state index in [-0.39, 0.29) is 45.3 Å². The number of carbonyl (C=O) groups is 2. The summed E-state index contributed by atoms with van der Waals surface area (Å²) < 4.78 is 15.7. The fourth-order valence-electron chi connectivity index (χ4n) is 2.76. The average Bonchev–Trinajstić information content (AvgIpc) is 2.57. The Bertz CT molecular complexity index is 841. The molecule has 1 aliphatic rings. The van der Waals surface area contributed by atoms with Crippen molar-refractivity contribution in [2.24, 2.45) is 0 Å². The molecule has 2 aromatic rings. The summed E-state index contributed by atoms with van der Waals surface area (Å²) in [7, 11) is 4.33. The van der Waals surface area contributed by atoms with E-state index in [1.54, 1.807) is 6.07 Å². The molecule has 6 nitrogen and oxygen atoms in total. The Labute approximate surface area is 132 Å². The highest BCUT2D eigenvalue weighted by Crippen LogP contribution is 2.40. The molecule has 0 unspecified atom stereocenters. The minimum atomic E-state index is -0.342. The van der Waals surface area contributed by atoms with Crippen molar-refractivity contribution in [3.8, 4) is 17.2 Å². The first kappa shape index (κ1) is 14.9. The quantitative estimate of drug-likeness (QED) is 0.745. The average molecular weight is 313 g/mol. The number of hydrogen-bond acceptors (Lipinski definition) is 6. The van der Waals surface area contributed by atoms with Crippen LogP contribution in [0.15, 0.2) is 24.3 Å². The fraction of sp³-hybridized carbons (Fsp3) is 0.176. The molecule has 0 atom stereocenters. The first-order valence-corrected chi connectivity index (χ1v) is 6.84. The summed E-state index contributed by atoms with van der Waals surface area (Å²) in [5.74, 6) is 0.313. The number of benzene rings is 2. The van der Waals surface area contributed by atoms with Crippen LogP contribution >= 0.6 is 0 Å². The lowest BCUT2D eigenvalue weighted by Crippen LogP contribution is -2.23. The van der Waals surface area contributed by atoms with Gasteiger partial charge in [0.25, 0.3) is 0 Å². The van der Waals surface area contributed by atoms with Crippen LogP contribution in [0.2, 0.25) is 0 Å². The maximum atomic E-state index is 12.9. The van der Waals surface area contributed by atoms with E-state index in [0.717, 1.165) is 0 Å². The third-order valence-electron chi connectivity index (χ3n) is 3.82. The van der Waals surface area contributed by atoms with E-state index in [4.69, 9.17) is 19.9 Å². The fourth-order valence-corrected chi connectivity index (χ4v) is 2.76. The number of ketones is 2. The zero-order valence-corrected chi connectivity index (χ0v) is 12.9. The number of hydrogen-bond donors (Lipinski definition) is 1. The predicted octanol–water partition coefficient (Wildman–Crippen LogP) is 2.07. The van der Waals surface area contributed by atoms with Gasteiger partial charge in [-0.15, -0.1) is 0 Å². The molecule has 0 aliphatic heterocycles. The van der Waals surface area contributed by atoms with E-state index < -0.39 is 0 Å². The summed E-state index contributed by atoms with van der Waals surface area (Å²) in [4.78, 5) is 25.8. The zero-order chi connectivity index (χ0) is 16.7. The van der Waals surface area contributed by atoms with E-state index >= 15 is 0 Å². The lowest BCUT2D eigenvalue weighted by atomic mass is 9.82. The third kappa shape index (κ3) is 2.11. The van der Waals surface area contributed by atoms with Gasteiger partial charge in [-0.3, -0.25) is 9.59 Å². The molecular weight excluding hydrogens is 298 g/mol. The summed E-state index contributed by atoms with van der Waals surface area (Å²) in [6, 6.07) is 6.09. The predicted molar refractivity (Wildman–Crippen MR) is 83.8 cm³/mol. The third-order valence-corrected chi connectivity index (χ3v) is 3.82. The van der Waals surface area contributed by atoms with Crippen molar-refractivity contribution in [1.29, 1.82) is 0 Å². The Kier molecular flexibility index (Phi) is 3.44. The van der Waals surface area contributed by atoms with E-state index in [9.17, 15) is 9.59 Å². The van der Waals surface area contributed by atoms with Crippen LogP contribution in [-0.2, 0) is 0 Å². The van der Waals surface area contributed by atoms with Crippen LogP contribution in [0.4, 0.5) is 5.69 Å². The molecule has 1 aliphatic carbocycles. The standard InChI is InChI=1S/C17H15NO5/c1-21-9-6-11-15(13(7-9)23-3)17(20)14-10(16(11)19)4-8(18)5-12(14)22-2/h4-7H,18H2,1-3H3. The van der Waals surface area contributed by atoms with Crippen LogP contribution in [0.3, 0.4) is 0 Å². The number of carbonyl (C=O) groups excluding carboxylic acids is 2. The highest BCUT2D eigenvalue weighted by Gasteiger charge is 2.35. The minimum absolute atomic E-state index is 0.197. The lowest BCUT2D eigenvalue weighted by molar-refractivity contribution is 0.0973. The second-order valence-corrected chi connectivity index (χ2v) is 5.06. The Balaban J connectivity index is 2.35. The second-order valence-electron chi connectivity index (χ2n) is 5.06. The van der Waals surface area contributed by atoms with Crippen molar-refractivity contribution in [3.05, 3.63) is 46.5 Å². The van der Waals surface area contributed by atoms with E-state index in [2.05, 4.69) is 0 Å². The van der Waals surface area contributed by atoms with Gasteiger partial charge in [-0.1, -0.05) is 0 Å². The summed E-state index contributed by atoms with van der Waals surface area (Å²) in [5.41, 5.74) is 7.00. The van der Waals surface area contributed by atoms with Gasteiger partial charge >= 0.3 is 0 Å². The first-order chi connectivity index (χ1) is 11.0. The highest BCUT2D eigenvalue weighted by molar-refractivity contribution is 6.30. The largest absolute Gasteiger partial charge is 0.497 e. The van der Waals surface area contributed by atoms with Crippen LogP contribution in [0.25, 0.3) is 0 Å². The molecule has 0 fully saturated rings. The smallest absolute Gasteiger partial charge is 0.201 e. The number of fused-ring (bicyclic) bond motifs is 2. The van der Waals surface area contributed by atoms with Crippen LogP contribution in [0.5, 0.6) is 17.2 Å². The van der Waals surface area contributed by atoms with Crippen LogP contribution in [-0.4, -0.2) is 32.9 Å². The summed E-state index contributed by atoms with van der Waals surface area (Å²) in [6.07, 6.45) is 0. The van der Waals surface area contributed by atoms with Crippen LogP contribution < -0.4 is 19.9 Å². The van der Waals surface area contributed by atoms with Crippen molar-refractivity contribution in [2.45, 2.75) is 0 Å². The molecule has 3 rings (SSSR count). The zero-order valence-electron chi connectivity index (χ0n) is 12.9. The molecule has 0 heterocycles. The van der Waals surface area contributed by atoms with Crippen molar-refractivity contribution in [2.75, 3.05) is 27.1 Å². The molecule has 6 heteroatoms. The second kappa shape index (κ2) is 5.31. The van der Waals surface area contributed by atoms with Crippen molar-refractivity contribution in [1.82, 2.24) is 0 Å². The van der Waals surface area contributed by atoms with Gasteiger partial charge in [0.15, 0.2) is 5.78 Å². The van der Waals surface area contributed by atoms with Gasteiger partial charge in [-0.2, -0.15) is 0 Å². The molecule has 23 heavy (non-hydrogen) atoms. The number of anilines is 1. The topological polar surface area (TPSA) is 87.8 Å². The Morgan fingerprint density at radius 1 is 0.739 bits per heavy atom. The monoisotopic (exact) mass is 313 g/mol. The van der Waals surface area contributed by atoms with Crippen LogP contribution in [0, 0.1) is 0 Å². The lowest BCUT2D eigenvalue weighted by Gasteiger charge is -2.22. The molecule has 118 valence electrons. The van der Waals surface area contributed by atoms with Gasteiger partial charge < -0.3 is 19.9 Å². The number of nitrogen functional groups attached to an aromatic ring is 1. The molecule has 0 saturated heterocycles.